The predicted molar refractivity (Wildman–Crippen MR) is 113 cm³/mol. The maximum Gasteiger partial charge on any atom is 0.320 e. The highest BCUT2D eigenvalue weighted by Crippen LogP contribution is 2.37. The Balaban J connectivity index is 1.31. The summed E-state index contributed by atoms with van der Waals surface area (Å²) in [6.45, 7) is 0. The molecule has 0 bridgehead atoms. The average Bonchev–Trinajstić information content (AvgIpc) is 3.24. The molecule has 9 heteroatoms. The number of nitrogens with zero attached hydrogens (tertiary/aromatic N) is 3. The molecule has 0 saturated heterocycles. The number of pyridine rings is 1. The number of amides is 1. The fourth-order valence-electron chi connectivity index (χ4n) is 3.89. The Kier molecular flexibility index (Phi) is 6.21. The Hall–Kier alpha value is -3.75. The maximum absolute atomic E-state index is 12.4. The zero-order valence-electron chi connectivity index (χ0n) is 16.8. The number of carboxylic acids is 1. The number of aliphatic carboxylic acids is 1. The second-order valence-corrected chi connectivity index (χ2v) is 7.66. The molecule has 4 rings (SSSR count). The molecular weight excluding hydrogens is 398 g/mol. The summed E-state index contributed by atoms with van der Waals surface area (Å²) in [6, 6.07) is 11.3. The number of aromatic nitrogens is 3. The van der Waals surface area contributed by atoms with Gasteiger partial charge in [-0.3, -0.25) is 14.6 Å². The molecule has 3 aromatic rings. The van der Waals surface area contributed by atoms with Gasteiger partial charge in [0.05, 0.1) is 0 Å². The highest BCUT2D eigenvalue weighted by Gasteiger charge is 2.24. The van der Waals surface area contributed by atoms with Gasteiger partial charge in [0.25, 0.3) is 0 Å². The summed E-state index contributed by atoms with van der Waals surface area (Å²) in [5.74, 6) is -0.646. The van der Waals surface area contributed by atoms with E-state index in [-0.39, 0.29) is 24.2 Å². The van der Waals surface area contributed by atoms with Crippen molar-refractivity contribution in [2.24, 2.45) is 5.92 Å². The van der Waals surface area contributed by atoms with Crippen LogP contribution in [0.4, 0.5) is 17.4 Å². The van der Waals surface area contributed by atoms with Gasteiger partial charge in [-0.25, -0.2) is 0 Å². The lowest BCUT2D eigenvalue weighted by Crippen LogP contribution is -2.16. The third-order valence-corrected chi connectivity index (χ3v) is 5.50. The first-order valence-electron chi connectivity index (χ1n) is 10.2. The van der Waals surface area contributed by atoms with Gasteiger partial charge >= 0.3 is 23.8 Å². The molecule has 0 atom stereocenters. The number of carbonyl (C=O) groups is 2. The van der Waals surface area contributed by atoms with Crippen LogP contribution in [0, 0.1) is 5.92 Å². The molecule has 9 nitrogen and oxygen atoms in total. The van der Waals surface area contributed by atoms with Crippen molar-refractivity contribution in [2.75, 3.05) is 10.6 Å². The van der Waals surface area contributed by atoms with Gasteiger partial charge in [-0.2, -0.15) is 0 Å². The minimum absolute atomic E-state index is 0.116. The number of anilines is 3. The summed E-state index contributed by atoms with van der Waals surface area (Å²) in [7, 11) is 0. The first-order valence-corrected chi connectivity index (χ1v) is 10.2. The minimum atomic E-state index is -0.718. The normalized spacial score (nSPS) is 18.3. The first-order chi connectivity index (χ1) is 15.1. The van der Waals surface area contributed by atoms with Crippen LogP contribution in [0.5, 0.6) is 0 Å². The monoisotopic (exact) mass is 421 g/mol. The molecule has 160 valence electrons. The third-order valence-electron chi connectivity index (χ3n) is 5.50. The summed E-state index contributed by atoms with van der Waals surface area (Å²) in [5, 5.41) is 22.2. The van der Waals surface area contributed by atoms with E-state index in [2.05, 4.69) is 25.8 Å². The van der Waals surface area contributed by atoms with Crippen molar-refractivity contribution in [3.8, 4) is 0 Å². The SMILES string of the molecule is O=C(O)CC1CCC(c2ccc(NC(=O)c3nnc(Nc4ccncc4)o3)cc2)CC1. The molecule has 31 heavy (non-hydrogen) atoms. The van der Waals surface area contributed by atoms with Crippen LogP contribution in [-0.4, -0.2) is 32.2 Å². The van der Waals surface area contributed by atoms with Gasteiger partial charge in [0.15, 0.2) is 0 Å². The largest absolute Gasteiger partial charge is 0.481 e. The van der Waals surface area contributed by atoms with E-state index in [1.807, 2.05) is 24.3 Å². The quantitative estimate of drug-likeness (QED) is 0.517. The van der Waals surface area contributed by atoms with Crippen LogP contribution in [0.15, 0.2) is 53.2 Å². The minimum Gasteiger partial charge on any atom is -0.481 e. The molecule has 1 aromatic carbocycles. The zero-order chi connectivity index (χ0) is 21.6. The van der Waals surface area contributed by atoms with Crippen molar-refractivity contribution in [3.63, 3.8) is 0 Å². The lowest BCUT2D eigenvalue weighted by Gasteiger charge is -2.28. The lowest BCUT2D eigenvalue weighted by atomic mass is 9.77. The van der Waals surface area contributed by atoms with Crippen LogP contribution >= 0.6 is 0 Å². The lowest BCUT2D eigenvalue weighted by molar-refractivity contribution is -0.138. The van der Waals surface area contributed by atoms with Gasteiger partial charge in [-0.1, -0.05) is 17.2 Å². The molecule has 0 unspecified atom stereocenters. The maximum atomic E-state index is 12.4. The molecule has 1 fully saturated rings. The predicted octanol–water partition coefficient (Wildman–Crippen LogP) is 4.21. The zero-order valence-corrected chi connectivity index (χ0v) is 16.8. The van der Waals surface area contributed by atoms with Crippen molar-refractivity contribution in [1.29, 1.82) is 0 Å². The van der Waals surface area contributed by atoms with Crippen LogP contribution in [0.3, 0.4) is 0 Å². The van der Waals surface area contributed by atoms with E-state index in [1.54, 1.807) is 24.5 Å². The standard InChI is InChI=1S/C22H23N5O4/c28-19(29)13-14-1-3-15(4-2-14)16-5-7-17(8-6-16)24-20(30)21-26-27-22(31-21)25-18-9-11-23-12-10-18/h5-12,14-15H,1-4,13H2,(H,24,30)(H,28,29)(H,23,25,27). The van der Waals surface area contributed by atoms with Gasteiger partial charge in [-0.05, 0) is 67.3 Å². The van der Waals surface area contributed by atoms with Crippen molar-refractivity contribution in [2.45, 2.75) is 38.0 Å². The van der Waals surface area contributed by atoms with E-state index in [1.165, 1.54) is 5.56 Å². The van der Waals surface area contributed by atoms with Crippen molar-refractivity contribution in [3.05, 3.63) is 60.2 Å². The Morgan fingerprint density at radius 1 is 0.968 bits per heavy atom. The fourth-order valence-corrected chi connectivity index (χ4v) is 3.89. The van der Waals surface area contributed by atoms with Crippen LogP contribution in [0.1, 0.15) is 54.3 Å². The highest BCUT2D eigenvalue weighted by atomic mass is 16.4. The van der Waals surface area contributed by atoms with E-state index in [4.69, 9.17) is 9.52 Å². The molecule has 1 aliphatic carbocycles. The molecule has 1 amide bonds. The number of carbonyl (C=O) groups excluding carboxylic acids is 1. The summed E-state index contributed by atoms with van der Waals surface area (Å²) in [4.78, 5) is 27.2. The van der Waals surface area contributed by atoms with Crippen LogP contribution in [0.25, 0.3) is 0 Å². The Labute approximate surface area is 178 Å². The van der Waals surface area contributed by atoms with E-state index in [9.17, 15) is 9.59 Å². The number of benzene rings is 1. The molecule has 1 saturated carbocycles. The van der Waals surface area contributed by atoms with Crippen LogP contribution in [-0.2, 0) is 4.79 Å². The molecule has 3 N–H and O–H groups in total. The third kappa shape index (κ3) is 5.44. The summed E-state index contributed by atoms with van der Waals surface area (Å²) < 4.78 is 5.37. The fraction of sp³-hybridized carbons (Fsp3) is 0.318. The van der Waals surface area contributed by atoms with Gasteiger partial charge in [0.1, 0.15) is 0 Å². The summed E-state index contributed by atoms with van der Waals surface area (Å²) in [5.41, 5.74) is 2.56. The molecule has 2 heterocycles. The van der Waals surface area contributed by atoms with Crippen LogP contribution < -0.4 is 10.6 Å². The van der Waals surface area contributed by atoms with E-state index >= 15 is 0 Å². The van der Waals surface area contributed by atoms with Gasteiger partial charge in [-0.15, -0.1) is 5.10 Å². The Morgan fingerprint density at radius 3 is 2.35 bits per heavy atom. The Bertz CT molecular complexity index is 1030. The molecule has 1 aliphatic rings. The smallest absolute Gasteiger partial charge is 0.320 e. The topological polar surface area (TPSA) is 130 Å². The molecule has 2 aromatic heterocycles. The molecular formula is C22H23N5O4. The Morgan fingerprint density at radius 2 is 1.68 bits per heavy atom. The van der Waals surface area contributed by atoms with E-state index in [0.717, 1.165) is 31.4 Å². The van der Waals surface area contributed by atoms with E-state index < -0.39 is 11.9 Å². The van der Waals surface area contributed by atoms with Crippen molar-refractivity contribution >= 4 is 29.3 Å². The summed E-state index contributed by atoms with van der Waals surface area (Å²) in [6.07, 6.45) is 7.34. The van der Waals surface area contributed by atoms with Crippen molar-refractivity contribution in [1.82, 2.24) is 15.2 Å². The van der Waals surface area contributed by atoms with Gasteiger partial charge in [0.2, 0.25) is 0 Å². The molecule has 0 radical (unpaired) electrons. The number of hydrogen-bond acceptors (Lipinski definition) is 7. The summed E-state index contributed by atoms with van der Waals surface area (Å²) >= 11 is 0. The first kappa shape index (κ1) is 20.5. The number of rotatable bonds is 7. The number of carboxylic acid groups (broad SMARTS) is 1. The van der Waals surface area contributed by atoms with Gasteiger partial charge in [0, 0.05) is 30.2 Å². The number of hydrogen-bond donors (Lipinski definition) is 3. The van der Waals surface area contributed by atoms with Crippen molar-refractivity contribution < 1.29 is 19.1 Å². The number of nitrogens with one attached hydrogen (secondary N) is 2. The molecule has 0 spiro atoms. The second kappa shape index (κ2) is 9.38. The van der Waals surface area contributed by atoms with Crippen LogP contribution in [0.2, 0.25) is 0 Å². The van der Waals surface area contributed by atoms with Gasteiger partial charge < -0.3 is 20.2 Å². The average molecular weight is 421 g/mol. The second-order valence-electron chi connectivity index (χ2n) is 7.66. The van der Waals surface area contributed by atoms with E-state index in [0.29, 0.717) is 11.6 Å². The molecule has 0 aliphatic heterocycles. The highest BCUT2D eigenvalue weighted by molar-refractivity contribution is 6.00.